The fraction of sp³-hybridized carbons (Fsp3) is 0.143. The molecule has 2 unspecified atom stereocenters. The summed E-state index contributed by atoms with van der Waals surface area (Å²) in [4.78, 5) is 25.3. The van der Waals surface area contributed by atoms with Crippen LogP contribution in [0.15, 0.2) is 94.2 Å². The number of hydrogen-bond donors (Lipinski definition) is 1. The van der Waals surface area contributed by atoms with E-state index in [-0.39, 0.29) is 18.0 Å². The van der Waals surface area contributed by atoms with Crippen LogP contribution in [0.5, 0.6) is 5.75 Å². The molecule has 1 aromatic heterocycles. The molecule has 1 N–H and O–H groups in total. The molecule has 0 spiro atoms. The number of rotatable bonds is 7. The second-order valence-corrected chi connectivity index (χ2v) is 9.17. The van der Waals surface area contributed by atoms with E-state index in [1.54, 1.807) is 11.3 Å². The molecule has 0 saturated heterocycles. The summed E-state index contributed by atoms with van der Waals surface area (Å²) in [6.45, 7) is 5.95. The van der Waals surface area contributed by atoms with Gasteiger partial charge in [0.05, 0.1) is 23.3 Å². The number of nitrogens with zero attached hydrogens (tertiary/aromatic N) is 3. The first kappa shape index (κ1) is 22.7. The molecule has 35 heavy (non-hydrogen) atoms. The van der Waals surface area contributed by atoms with Gasteiger partial charge in [-0.1, -0.05) is 54.6 Å². The first-order valence-electron chi connectivity index (χ1n) is 11.3. The van der Waals surface area contributed by atoms with Crippen LogP contribution in [0.1, 0.15) is 35.0 Å². The molecule has 7 heteroatoms. The standard InChI is InChI=1S/C28H24N4O2S/c1-18-25(27-31-24(17-35-27)20-8-12-22(29-2)13-9-20)26(32-28(33)30-18)21-10-14-23(15-11-21)34-16-19-6-4-3-5-7-19/h3-15,17,25-26H,2,16H2,1H3,(H,32,33). The molecular weight excluding hydrogens is 456 g/mol. The molecule has 2 atom stereocenters. The van der Waals surface area contributed by atoms with Crippen molar-refractivity contribution in [1.29, 1.82) is 0 Å². The van der Waals surface area contributed by atoms with Crippen LogP contribution in [0.25, 0.3) is 11.3 Å². The van der Waals surface area contributed by atoms with Crippen LogP contribution in [0.2, 0.25) is 0 Å². The van der Waals surface area contributed by atoms with Crippen molar-refractivity contribution in [3.05, 3.63) is 100 Å². The van der Waals surface area contributed by atoms with Gasteiger partial charge >= 0.3 is 6.03 Å². The number of carbonyl (C=O) groups is 1. The first-order valence-corrected chi connectivity index (χ1v) is 12.1. The van der Waals surface area contributed by atoms with Crippen LogP contribution in [-0.2, 0) is 6.61 Å². The minimum Gasteiger partial charge on any atom is -0.489 e. The van der Waals surface area contributed by atoms with Gasteiger partial charge < -0.3 is 10.1 Å². The van der Waals surface area contributed by atoms with Gasteiger partial charge in [-0.15, -0.1) is 11.3 Å². The fourth-order valence-corrected chi connectivity index (χ4v) is 5.16. The summed E-state index contributed by atoms with van der Waals surface area (Å²) >= 11 is 1.57. The minimum absolute atomic E-state index is 0.156. The number of thiazole rings is 1. The number of aromatic nitrogens is 1. The van der Waals surface area contributed by atoms with Gasteiger partial charge in [-0.05, 0) is 49.0 Å². The number of amides is 2. The van der Waals surface area contributed by atoms with Gasteiger partial charge in [0.1, 0.15) is 17.4 Å². The van der Waals surface area contributed by atoms with Crippen molar-refractivity contribution in [2.45, 2.75) is 25.5 Å². The zero-order valence-corrected chi connectivity index (χ0v) is 20.0. The molecule has 1 aliphatic heterocycles. The van der Waals surface area contributed by atoms with E-state index < -0.39 is 0 Å². The normalized spacial score (nSPS) is 17.4. The molecule has 0 bridgehead atoms. The Labute approximate surface area is 208 Å². The lowest BCUT2D eigenvalue weighted by molar-refractivity contribution is 0.243. The summed E-state index contributed by atoms with van der Waals surface area (Å²) < 4.78 is 5.92. The number of benzene rings is 3. The maximum Gasteiger partial charge on any atom is 0.341 e. The Hall–Kier alpha value is -4.10. The van der Waals surface area contributed by atoms with Crippen molar-refractivity contribution in [3.63, 3.8) is 0 Å². The van der Waals surface area contributed by atoms with E-state index in [9.17, 15) is 4.79 Å². The highest BCUT2D eigenvalue weighted by Crippen LogP contribution is 2.38. The zero-order valence-electron chi connectivity index (χ0n) is 19.2. The number of aliphatic imine (C=N–C) groups is 2. The minimum atomic E-state index is -0.336. The largest absolute Gasteiger partial charge is 0.489 e. The second kappa shape index (κ2) is 10.0. The molecule has 5 rings (SSSR count). The van der Waals surface area contributed by atoms with Gasteiger partial charge in [0, 0.05) is 16.7 Å². The Morgan fingerprint density at radius 2 is 1.77 bits per heavy atom. The highest BCUT2D eigenvalue weighted by molar-refractivity contribution is 7.10. The van der Waals surface area contributed by atoms with Crippen LogP contribution in [-0.4, -0.2) is 23.4 Å². The lowest BCUT2D eigenvalue weighted by Gasteiger charge is -2.30. The molecule has 0 aliphatic carbocycles. The number of nitrogens with one attached hydrogen (secondary N) is 1. The zero-order chi connectivity index (χ0) is 24.2. The first-order chi connectivity index (χ1) is 17.1. The quantitative estimate of drug-likeness (QED) is 0.298. The maximum atomic E-state index is 12.3. The number of ether oxygens (including phenoxy) is 1. The van der Waals surface area contributed by atoms with Gasteiger partial charge in [-0.3, -0.25) is 4.99 Å². The number of urea groups is 1. The van der Waals surface area contributed by atoms with Gasteiger partial charge in [-0.25, -0.2) is 14.8 Å². The Kier molecular flexibility index (Phi) is 6.50. The van der Waals surface area contributed by atoms with E-state index in [1.807, 2.05) is 91.2 Å². The molecule has 2 amide bonds. The third kappa shape index (κ3) is 5.05. The average molecular weight is 481 g/mol. The Balaban J connectivity index is 1.38. The SMILES string of the molecule is C=Nc1ccc(-c2csc(C3C(C)=NC(=O)NC3c3ccc(OCc4ccccc4)cc3)n2)cc1. The molecule has 1 aliphatic rings. The third-order valence-corrected chi connectivity index (χ3v) is 6.89. The summed E-state index contributed by atoms with van der Waals surface area (Å²) in [7, 11) is 0. The van der Waals surface area contributed by atoms with Crippen molar-refractivity contribution >= 4 is 35.5 Å². The predicted octanol–water partition coefficient (Wildman–Crippen LogP) is 6.73. The summed E-state index contributed by atoms with van der Waals surface area (Å²) in [5.41, 5.74) is 5.54. The second-order valence-electron chi connectivity index (χ2n) is 8.28. The highest BCUT2D eigenvalue weighted by Gasteiger charge is 2.35. The molecule has 0 fully saturated rings. The summed E-state index contributed by atoms with van der Waals surface area (Å²) in [5, 5.41) is 5.97. The van der Waals surface area contributed by atoms with E-state index in [4.69, 9.17) is 9.72 Å². The molecule has 2 heterocycles. The monoisotopic (exact) mass is 480 g/mol. The van der Waals surface area contributed by atoms with Crippen molar-refractivity contribution in [2.75, 3.05) is 0 Å². The van der Waals surface area contributed by atoms with Crippen LogP contribution >= 0.6 is 11.3 Å². The van der Waals surface area contributed by atoms with Crippen LogP contribution in [0, 0.1) is 0 Å². The Morgan fingerprint density at radius 3 is 2.49 bits per heavy atom. The molecule has 0 saturated carbocycles. The van der Waals surface area contributed by atoms with E-state index in [0.29, 0.717) is 6.61 Å². The number of carbonyl (C=O) groups excluding carboxylic acids is 1. The lowest BCUT2D eigenvalue weighted by Crippen LogP contribution is -2.38. The van der Waals surface area contributed by atoms with Crippen LogP contribution in [0.3, 0.4) is 0 Å². The molecule has 0 radical (unpaired) electrons. The number of hydrogen-bond acceptors (Lipinski definition) is 5. The van der Waals surface area contributed by atoms with Gasteiger partial charge in [0.25, 0.3) is 0 Å². The van der Waals surface area contributed by atoms with E-state index in [2.05, 4.69) is 22.0 Å². The molecule has 6 nitrogen and oxygen atoms in total. The van der Waals surface area contributed by atoms with Gasteiger partial charge in [0.2, 0.25) is 0 Å². The molecule has 3 aromatic carbocycles. The van der Waals surface area contributed by atoms with E-state index >= 15 is 0 Å². The topological polar surface area (TPSA) is 75.9 Å². The van der Waals surface area contributed by atoms with Crippen molar-refractivity contribution in [1.82, 2.24) is 10.3 Å². The smallest absolute Gasteiger partial charge is 0.341 e. The van der Waals surface area contributed by atoms with E-state index in [0.717, 1.165) is 44.5 Å². The van der Waals surface area contributed by atoms with Gasteiger partial charge in [0.15, 0.2) is 0 Å². The third-order valence-electron chi connectivity index (χ3n) is 5.96. The van der Waals surface area contributed by atoms with Crippen LogP contribution < -0.4 is 10.1 Å². The van der Waals surface area contributed by atoms with Crippen molar-refractivity contribution in [2.24, 2.45) is 9.98 Å². The van der Waals surface area contributed by atoms with Crippen molar-refractivity contribution in [3.8, 4) is 17.0 Å². The summed E-state index contributed by atoms with van der Waals surface area (Å²) in [6, 6.07) is 25.1. The van der Waals surface area contributed by atoms with Crippen molar-refractivity contribution < 1.29 is 9.53 Å². The van der Waals surface area contributed by atoms with Gasteiger partial charge in [-0.2, -0.15) is 0 Å². The average Bonchev–Trinajstić information content (AvgIpc) is 3.38. The maximum absolute atomic E-state index is 12.3. The molecule has 4 aromatic rings. The highest BCUT2D eigenvalue weighted by atomic mass is 32.1. The Bertz CT molecular complexity index is 1360. The Morgan fingerprint density at radius 1 is 1.03 bits per heavy atom. The van der Waals surface area contributed by atoms with E-state index in [1.165, 1.54) is 0 Å². The van der Waals surface area contributed by atoms with Crippen LogP contribution in [0.4, 0.5) is 10.5 Å². The summed E-state index contributed by atoms with van der Waals surface area (Å²) in [6.07, 6.45) is 0. The fourth-order valence-electron chi connectivity index (χ4n) is 4.13. The molecular formula is C28H24N4O2S. The predicted molar refractivity (Wildman–Crippen MR) is 141 cm³/mol. The summed E-state index contributed by atoms with van der Waals surface area (Å²) in [5.74, 6) is 0.618. The molecule has 174 valence electrons. The lowest BCUT2D eigenvalue weighted by atomic mass is 9.88.